The Bertz CT molecular complexity index is 2580. The summed E-state index contributed by atoms with van der Waals surface area (Å²) in [4.78, 5) is 0. The van der Waals surface area contributed by atoms with Gasteiger partial charge in [0, 0.05) is 33.3 Å². The minimum atomic E-state index is -0.101. The van der Waals surface area contributed by atoms with Gasteiger partial charge in [0.05, 0.1) is 16.6 Å². The molecule has 230 valence electrons. The van der Waals surface area contributed by atoms with Crippen LogP contribution in [-0.4, -0.2) is 9.13 Å². The molecule has 0 spiro atoms. The van der Waals surface area contributed by atoms with Crippen molar-refractivity contribution < 1.29 is 0 Å². The molecular formula is C46H36N2. The summed E-state index contributed by atoms with van der Waals surface area (Å²) < 4.78 is 4.79. The second kappa shape index (κ2) is 10.9. The van der Waals surface area contributed by atoms with E-state index in [4.69, 9.17) is 0 Å². The Hall–Kier alpha value is -5.86. The van der Waals surface area contributed by atoms with Crippen LogP contribution in [0.4, 0.5) is 0 Å². The van der Waals surface area contributed by atoms with Crippen LogP contribution in [0.2, 0.25) is 0 Å². The summed E-state index contributed by atoms with van der Waals surface area (Å²) >= 11 is 0. The van der Waals surface area contributed by atoms with E-state index in [0.29, 0.717) is 0 Å². The first-order valence-electron chi connectivity index (χ1n) is 16.8. The lowest BCUT2D eigenvalue weighted by Gasteiger charge is -2.21. The van der Waals surface area contributed by atoms with E-state index in [1.807, 2.05) is 0 Å². The van der Waals surface area contributed by atoms with E-state index in [2.05, 4.69) is 194 Å². The van der Waals surface area contributed by atoms with Crippen molar-refractivity contribution in [3.8, 4) is 33.6 Å². The zero-order chi connectivity index (χ0) is 32.4. The van der Waals surface area contributed by atoms with Gasteiger partial charge in [-0.1, -0.05) is 117 Å². The molecule has 1 aliphatic carbocycles. The van der Waals surface area contributed by atoms with E-state index in [-0.39, 0.29) is 5.41 Å². The molecule has 0 saturated carbocycles. The quantitative estimate of drug-likeness (QED) is 0.187. The Kier molecular flexibility index (Phi) is 6.42. The highest BCUT2D eigenvalue weighted by Crippen LogP contribution is 2.48. The molecule has 2 heterocycles. The van der Waals surface area contributed by atoms with Crippen LogP contribution < -0.4 is 0 Å². The van der Waals surface area contributed by atoms with Crippen molar-refractivity contribution in [2.75, 3.05) is 0 Å². The molecule has 0 atom stereocenters. The molecule has 0 saturated heterocycles. The summed E-state index contributed by atoms with van der Waals surface area (Å²) in [5.74, 6) is 0. The van der Waals surface area contributed by atoms with Crippen molar-refractivity contribution in [3.63, 3.8) is 0 Å². The Morgan fingerprint density at radius 1 is 0.417 bits per heavy atom. The van der Waals surface area contributed by atoms with Crippen LogP contribution in [0.15, 0.2) is 164 Å². The second-order valence-corrected chi connectivity index (χ2v) is 13.5. The van der Waals surface area contributed by atoms with Gasteiger partial charge in [-0.25, -0.2) is 0 Å². The third-order valence-corrected chi connectivity index (χ3v) is 10.3. The molecule has 0 amide bonds. The number of aromatic nitrogens is 2. The fraction of sp³-hybridized carbons (Fsp3) is 0.0870. The molecule has 0 bridgehead atoms. The van der Waals surface area contributed by atoms with Gasteiger partial charge in [0.1, 0.15) is 0 Å². The number of benzene rings is 6. The van der Waals surface area contributed by atoms with Gasteiger partial charge in [-0.15, -0.1) is 0 Å². The largest absolute Gasteiger partial charge is 0.314 e. The van der Waals surface area contributed by atoms with Gasteiger partial charge in [0.2, 0.25) is 0 Å². The predicted octanol–water partition coefficient (Wildman–Crippen LogP) is 12.1. The molecule has 0 aliphatic heterocycles. The van der Waals surface area contributed by atoms with Crippen LogP contribution in [0.1, 0.15) is 30.7 Å². The van der Waals surface area contributed by atoms with Crippen molar-refractivity contribution in [2.45, 2.75) is 26.2 Å². The van der Waals surface area contributed by atoms with Crippen LogP contribution in [-0.2, 0) is 5.41 Å². The number of hydrogen-bond donors (Lipinski definition) is 0. The smallest absolute Gasteiger partial charge is 0.0541 e. The number of aryl methyl sites for hydroxylation is 1. The highest BCUT2D eigenvalue weighted by molar-refractivity contribution is 6.10. The number of fused-ring (bicyclic) bond motifs is 7. The van der Waals surface area contributed by atoms with Crippen LogP contribution in [0.25, 0.3) is 66.3 Å². The molecule has 6 aromatic carbocycles. The van der Waals surface area contributed by atoms with Crippen molar-refractivity contribution >= 4 is 32.7 Å². The molecule has 1 aliphatic rings. The van der Waals surface area contributed by atoms with E-state index >= 15 is 0 Å². The second-order valence-electron chi connectivity index (χ2n) is 13.5. The summed E-state index contributed by atoms with van der Waals surface area (Å²) in [7, 11) is 0. The van der Waals surface area contributed by atoms with E-state index in [0.717, 1.165) is 5.69 Å². The van der Waals surface area contributed by atoms with Gasteiger partial charge < -0.3 is 9.13 Å². The fourth-order valence-electron chi connectivity index (χ4n) is 7.96. The third kappa shape index (κ3) is 4.33. The van der Waals surface area contributed by atoms with Crippen molar-refractivity contribution in [1.29, 1.82) is 0 Å². The van der Waals surface area contributed by atoms with Crippen LogP contribution in [0, 0.1) is 6.92 Å². The minimum Gasteiger partial charge on any atom is -0.314 e. The summed E-state index contributed by atoms with van der Waals surface area (Å²) in [6.07, 6.45) is 0. The first-order chi connectivity index (χ1) is 23.5. The SMILES string of the molecule is Cc1cc2c(ccc3cc(-c4ccc5c(c4)c4ccccc4n5-c4ccccc4)ccc3n1-c1ccccc1)-c1ccccc1C2(C)C. The van der Waals surface area contributed by atoms with E-state index < -0.39 is 0 Å². The number of nitrogens with zero attached hydrogens (tertiary/aromatic N) is 2. The van der Waals surface area contributed by atoms with Gasteiger partial charge in [0.15, 0.2) is 0 Å². The summed E-state index contributed by atoms with van der Waals surface area (Å²) in [6, 6.07) is 60.0. The van der Waals surface area contributed by atoms with E-state index in [9.17, 15) is 0 Å². The molecular weight excluding hydrogens is 581 g/mol. The number of para-hydroxylation sites is 3. The lowest BCUT2D eigenvalue weighted by atomic mass is 9.82. The van der Waals surface area contributed by atoms with Gasteiger partial charge in [0.25, 0.3) is 0 Å². The summed E-state index contributed by atoms with van der Waals surface area (Å²) in [5, 5.41) is 3.71. The van der Waals surface area contributed by atoms with Crippen LogP contribution >= 0.6 is 0 Å². The van der Waals surface area contributed by atoms with Crippen LogP contribution in [0.3, 0.4) is 0 Å². The zero-order valence-corrected chi connectivity index (χ0v) is 27.5. The zero-order valence-electron chi connectivity index (χ0n) is 27.5. The Morgan fingerprint density at radius 3 is 1.77 bits per heavy atom. The first-order valence-corrected chi connectivity index (χ1v) is 16.8. The summed E-state index contributed by atoms with van der Waals surface area (Å²) in [6.45, 7) is 6.95. The molecule has 2 heteroatoms. The Labute approximate surface area is 281 Å². The monoisotopic (exact) mass is 616 g/mol. The van der Waals surface area contributed by atoms with E-state index in [1.165, 1.54) is 77.5 Å². The molecule has 2 nitrogen and oxygen atoms in total. The normalized spacial score (nSPS) is 13.1. The predicted molar refractivity (Wildman–Crippen MR) is 203 cm³/mol. The highest BCUT2D eigenvalue weighted by atomic mass is 15.0. The van der Waals surface area contributed by atoms with Gasteiger partial charge in [-0.3, -0.25) is 0 Å². The minimum absolute atomic E-state index is 0.101. The molecule has 0 fully saturated rings. The lowest BCUT2D eigenvalue weighted by Crippen LogP contribution is -2.15. The molecule has 0 N–H and O–H groups in total. The average Bonchev–Trinajstić information content (AvgIpc) is 3.58. The lowest BCUT2D eigenvalue weighted by molar-refractivity contribution is 0.659. The fourth-order valence-corrected chi connectivity index (χ4v) is 7.96. The van der Waals surface area contributed by atoms with Crippen LogP contribution in [0.5, 0.6) is 0 Å². The average molecular weight is 617 g/mol. The van der Waals surface area contributed by atoms with Crippen molar-refractivity contribution in [2.24, 2.45) is 0 Å². The van der Waals surface area contributed by atoms with Gasteiger partial charge >= 0.3 is 0 Å². The molecule has 48 heavy (non-hydrogen) atoms. The maximum Gasteiger partial charge on any atom is 0.0541 e. The Morgan fingerprint density at radius 2 is 1.00 bits per heavy atom. The Balaban J connectivity index is 1.31. The maximum absolute atomic E-state index is 2.41. The van der Waals surface area contributed by atoms with Crippen molar-refractivity contribution in [1.82, 2.24) is 9.13 Å². The number of rotatable bonds is 3. The molecule has 8 aromatic rings. The molecule has 2 aromatic heterocycles. The molecule has 9 rings (SSSR count). The standard InChI is InChI=1S/C46H36N2/c1-31-28-42-38(37-18-10-12-20-41(37)46(42,2)3)25-22-34-29-32(23-26-43(34)47(31)35-14-6-4-7-15-35)33-24-27-45-40(30-33)39-19-11-13-21-44(39)48(45)36-16-8-5-9-17-36/h4-30H,1-3H3. The van der Waals surface area contributed by atoms with E-state index in [1.54, 1.807) is 0 Å². The molecule has 0 radical (unpaired) electrons. The first kappa shape index (κ1) is 28.4. The van der Waals surface area contributed by atoms with Gasteiger partial charge in [-0.2, -0.15) is 0 Å². The van der Waals surface area contributed by atoms with Crippen molar-refractivity contribution in [3.05, 3.63) is 181 Å². The highest BCUT2D eigenvalue weighted by Gasteiger charge is 2.34. The maximum atomic E-state index is 2.41. The molecule has 0 unspecified atom stereocenters. The number of hydrogen-bond acceptors (Lipinski definition) is 0. The topological polar surface area (TPSA) is 9.86 Å². The summed E-state index contributed by atoms with van der Waals surface area (Å²) in [5.41, 5.74) is 14.8. The third-order valence-electron chi connectivity index (χ3n) is 10.3. The van der Waals surface area contributed by atoms with Gasteiger partial charge in [-0.05, 0) is 106 Å².